The fourth-order valence-electron chi connectivity index (χ4n) is 4.05. The highest BCUT2D eigenvalue weighted by Crippen LogP contribution is 2.27. The number of amides is 1. The van der Waals surface area contributed by atoms with Crippen LogP contribution in [-0.2, 0) is 11.2 Å². The summed E-state index contributed by atoms with van der Waals surface area (Å²) in [6.45, 7) is 8.04. The molecule has 0 bridgehead atoms. The molecular formula is C23H32N6O2. The Kier molecular flexibility index (Phi) is 6.27. The standard InChI is InChI=1S/C23H32N6O2/c1-15(2)31-23(30)26-19-7-5-6-17(13-19)20-14-24-21-12-16(3)22(27-29(20)21)25-18-8-10-28(4)11-9-18/h5-7,13-16,18H,8-12H2,1-4H3,(H,25,27)(H,26,30). The van der Waals surface area contributed by atoms with Crippen LogP contribution in [0, 0.1) is 5.92 Å². The van der Waals surface area contributed by atoms with Crippen molar-refractivity contribution in [3.05, 3.63) is 36.3 Å². The minimum Gasteiger partial charge on any atom is -0.447 e. The monoisotopic (exact) mass is 424 g/mol. The number of imidazole rings is 1. The fourth-order valence-corrected chi connectivity index (χ4v) is 4.05. The summed E-state index contributed by atoms with van der Waals surface area (Å²) >= 11 is 0. The molecule has 1 unspecified atom stereocenters. The normalized spacial score (nSPS) is 21.1. The van der Waals surface area contributed by atoms with Crippen LogP contribution >= 0.6 is 0 Å². The van der Waals surface area contributed by atoms with Gasteiger partial charge in [0.25, 0.3) is 0 Å². The predicted molar refractivity (Wildman–Crippen MR) is 123 cm³/mol. The van der Waals surface area contributed by atoms with E-state index in [0.29, 0.717) is 17.6 Å². The third-order valence-electron chi connectivity index (χ3n) is 5.77. The number of rotatable bonds is 4. The molecule has 166 valence electrons. The van der Waals surface area contributed by atoms with Crippen LogP contribution in [-0.4, -0.2) is 58.8 Å². The molecule has 3 heterocycles. The average Bonchev–Trinajstić information content (AvgIpc) is 3.12. The van der Waals surface area contributed by atoms with Gasteiger partial charge in [-0.1, -0.05) is 19.1 Å². The van der Waals surface area contributed by atoms with Gasteiger partial charge in [0.15, 0.2) is 0 Å². The van der Waals surface area contributed by atoms with Crippen molar-refractivity contribution < 1.29 is 9.53 Å². The molecule has 2 aliphatic heterocycles. The third-order valence-corrected chi connectivity index (χ3v) is 5.77. The molecule has 2 aromatic rings. The lowest BCUT2D eigenvalue weighted by molar-refractivity contribution is 0.130. The molecule has 0 spiro atoms. The lowest BCUT2D eigenvalue weighted by Crippen LogP contribution is -2.39. The van der Waals surface area contributed by atoms with E-state index < -0.39 is 6.09 Å². The molecule has 1 amide bonds. The van der Waals surface area contributed by atoms with Crippen LogP contribution < -0.4 is 10.7 Å². The Balaban J connectivity index is 1.54. The number of amidine groups is 1. The Morgan fingerprint density at radius 2 is 2.10 bits per heavy atom. The molecule has 2 aliphatic rings. The van der Waals surface area contributed by atoms with E-state index in [1.54, 1.807) is 0 Å². The lowest BCUT2D eigenvalue weighted by atomic mass is 10.0. The highest BCUT2D eigenvalue weighted by molar-refractivity contribution is 5.93. The van der Waals surface area contributed by atoms with Crippen molar-refractivity contribution in [3.63, 3.8) is 0 Å². The Morgan fingerprint density at radius 3 is 2.84 bits per heavy atom. The molecule has 1 aromatic carbocycles. The number of likely N-dealkylation sites (tertiary alicyclic amines) is 1. The number of ether oxygens (including phenoxy) is 1. The lowest BCUT2D eigenvalue weighted by Gasteiger charge is -2.30. The van der Waals surface area contributed by atoms with Gasteiger partial charge in [-0.05, 0) is 59.0 Å². The summed E-state index contributed by atoms with van der Waals surface area (Å²) in [4.78, 5) is 24.0. The maximum atomic E-state index is 12.0. The Morgan fingerprint density at radius 1 is 1.32 bits per heavy atom. The van der Waals surface area contributed by atoms with Gasteiger partial charge in [-0.25, -0.2) is 14.5 Å². The van der Waals surface area contributed by atoms with Gasteiger partial charge >= 0.3 is 6.09 Å². The number of piperidine rings is 1. The van der Waals surface area contributed by atoms with Crippen molar-refractivity contribution in [2.24, 2.45) is 10.9 Å². The van der Waals surface area contributed by atoms with Crippen molar-refractivity contribution in [2.75, 3.05) is 30.9 Å². The van der Waals surface area contributed by atoms with E-state index in [2.05, 4.69) is 34.6 Å². The molecule has 4 rings (SSSR count). The van der Waals surface area contributed by atoms with Gasteiger partial charge in [-0.3, -0.25) is 15.7 Å². The highest BCUT2D eigenvalue weighted by atomic mass is 16.6. The van der Waals surface area contributed by atoms with E-state index in [4.69, 9.17) is 9.73 Å². The molecular weight excluding hydrogens is 392 g/mol. The topological polar surface area (TPSA) is 83.8 Å². The van der Waals surface area contributed by atoms with Gasteiger partial charge < -0.3 is 9.64 Å². The number of hydrogen-bond acceptors (Lipinski definition) is 5. The summed E-state index contributed by atoms with van der Waals surface area (Å²) < 4.78 is 7.21. The summed E-state index contributed by atoms with van der Waals surface area (Å²) in [5, 5.41) is 2.79. The van der Waals surface area contributed by atoms with Crippen molar-refractivity contribution in [3.8, 4) is 11.3 Å². The molecule has 8 heteroatoms. The number of hydrogen-bond donors (Lipinski definition) is 2. The molecule has 31 heavy (non-hydrogen) atoms. The number of aliphatic imine (C=N–C) groups is 1. The summed E-state index contributed by atoms with van der Waals surface area (Å²) in [5.41, 5.74) is 6.10. The first-order valence-electron chi connectivity index (χ1n) is 11.1. The van der Waals surface area contributed by atoms with Gasteiger partial charge in [0.1, 0.15) is 11.7 Å². The SMILES string of the molecule is CC(C)OC(=O)Nc1cccc(-c2cnc3n2NC(=NC2CCN(C)CC2)C(C)C3)c1. The number of fused-ring (bicyclic) bond motifs is 1. The molecule has 0 saturated carbocycles. The predicted octanol–water partition coefficient (Wildman–Crippen LogP) is 3.74. The second-order valence-electron chi connectivity index (χ2n) is 8.82. The van der Waals surface area contributed by atoms with Gasteiger partial charge in [-0.15, -0.1) is 0 Å². The van der Waals surface area contributed by atoms with Gasteiger partial charge in [0.05, 0.1) is 24.0 Å². The highest BCUT2D eigenvalue weighted by Gasteiger charge is 2.26. The molecule has 1 atom stereocenters. The van der Waals surface area contributed by atoms with Gasteiger partial charge in [0, 0.05) is 23.6 Å². The first-order valence-corrected chi connectivity index (χ1v) is 11.1. The first kappa shape index (κ1) is 21.4. The zero-order valence-corrected chi connectivity index (χ0v) is 18.8. The van der Waals surface area contributed by atoms with Crippen LogP contribution in [0.15, 0.2) is 35.5 Å². The van der Waals surface area contributed by atoms with Crippen LogP contribution in [0.25, 0.3) is 11.3 Å². The molecule has 0 aliphatic carbocycles. The van der Waals surface area contributed by atoms with E-state index in [9.17, 15) is 4.79 Å². The fraction of sp³-hybridized carbons (Fsp3) is 0.522. The van der Waals surface area contributed by atoms with Crippen molar-refractivity contribution in [2.45, 2.75) is 52.2 Å². The number of nitrogens with zero attached hydrogens (tertiary/aromatic N) is 4. The molecule has 8 nitrogen and oxygen atoms in total. The molecule has 2 N–H and O–H groups in total. The van der Waals surface area contributed by atoms with Crippen molar-refractivity contribution in [1.29, 1.82) is 0 Å². The first-order chi connectivity index (χ1) is 14.9. The minimum absolute atomic E-state index is 0.168. The number of carbonyl (C=O) groups is 1. The van der Waals surface area contributed by atoms with E-state index >= 15 is 0 Å². The Hall–Kier alpha value is -2.87. The number of aromatic nitrogens is 2. The van der Waals surface area contributed by atoms with E-state index in [0.717, 1.165) is 55.3 Å². The molecule has 1 saturated heterocycles. The van der Waals surface area contributed by atoms with Crippen molar-refractivity contribution in [1.82, 2.24) is 14.6 Å². The summed E-state index contributed by atoms with van der Waals surface area (Å²) in [6.07, 6.45) is 4.28. The summed E-state index contributed by atoms with van der Waals surface area (Å²) in [6, 6.07) is 8.07. The average molecular weight is 425 g/mol. The zero-order chi connectivity index (χ0) is 22.0. The second-order valence-corrected chi connectivity index (χ2v) is 8.82. The van der Waals surface area contributed by atoms with Crippen LogP contribution in [0.2, 0.25) is 0 Å². The smallest absolute Gasteiger partial charge is 0.411 e. The summed E-state index contributed by atoms with van der Waals surface area (Å²) in [5.74, 6) is 2.32. The second kappa shape index (κ2) is 9.09. The van der Waals surface area contributed by atoms with Crippen LogP contribution in [0.5, 0.6) is 0 Å². The molecule has 0 radical (unpaired) electrons. The largest absolute Gasteiger partial charge is 0.447 e. The number of nitrogens with one attached hydrogen (secondary N) is 2. The van der Waals surface area contributed by atoms with E-state index in [1.807, 2.05) is 49.0 Å². The van der Waals surface area contributed by atoms with Gasteiger partial charge in [-0.2, -0.15) is 0 Å². The van der Waals surface area contributed by atoms with E-state index in [-0.39, 0.29) is 6.10 Å². The summed E-state index contributed by atoms with van der Waals surface area (Å²) in [7, 11) is 2.17. The minimum atomic E-state index is -0.457. The zero-order valence-electron chi connectivity index (χ0n) is 18.8. The molecule has 1 aromatic heterocycles. The van der Waals surface area contributed by atoms with Crippen molar-refractivity contribution >= 4 is 17.6 Å². The number of carbonyl (C=O) groups excluding carboxylic acids is 1. The van der Waals surface area contributed by atoms with Crippen LogP contribution in [0.3, 0.4) is 0 Å². The van der Waals surface area contributed by atoms with E-state index in [1.165, 1.54) is 0 Å². The van der Waals surface area contributed by atoms with Gasteiger partial charge in [0.2, 0.25) is 0 Å². The quantitative estimate of drug-likeness (QED) is 0.781. The number of benzene rings is 1. The maximum Gasteiger partial charge on any atom is 0.411 e. The Bertz CT molecular complexity index is 959. The van der Waals surface area contributed by atoms with Crippen LogP contribution in [0.1, 0.15) is 39.4 Å². The molecule has 1 fully saturated rings. The number of anilines is 1. The third kappa shape index (κ3) is 5.07. The van der Waals surface area contributed by atoms with Crippen LogP contribution in [0.4, 0.5) is 10.5 Å². The maximum absolute atomic E-state index is 12.0. The Labute approximate surface area is 183 Å².